The summed E-state index contributed by atoms with van der Waals surface area (Å²) in [7, 11) is 1.80. The minimum atomic E-state index is -0.134. The van der Waals surface area contributed by atoms with Gasteiger partial charge in [0, 0.05) is 45.6 Å². The summed E-state index contributed by atoms with van der Waals surface area (Å²) in [5, 5.41) is 0. The van der Waals surface area contributed by atoms with E-state index in [9.17, 15) is 9.59 Å². The van der Waals surface area contributed by atoms with Crippen molar-refractivity contribution in [3.63, 3.8) is 0 Å². The van der Waals surface area contributed by atoms with Gasteiger partial charge in [-0.15, -0.1) is 0 Å². The highest BCUT2D eigenvalue weighted by molar-refractivity contribution is 5.86. The van der Waals surface area contributed by atoms with Gasteiger partial charge in [0.1, 0.15) is 0 Å². The highest BCUT2D eigenvalue weighted by Gasteiger charge is 2.32. The molecule has 2 fully saturated rings. The molecular formula is C14H24N2O3. The minimum absolute atomic E-state index is 0.0813. The first-order chi connectivity index (χ1) is 9.11. The van der Waals surface area contributed by atoms with Crippen molar-refractivity contribution in [2.75, 3.05) is 33.3 Å². The van der Waals surface area contributed by atoms with Crippen molar-refractivity contribution in [3.8, 4) is 0 Å². The fraction of sp³-hybridized carbons (Fsp3) is 0.857. The summed E-state index contributed by atoms with van der Waals surface area (Å²) in [6, 6.07) is 0. The molecule has 0 bridgehead atoms. The van der Waals surface area contributed by atoms with Crippen LogP contribution in [-0.2, 0) is 14.3 Å². The Balaban J connectivity index is 1.90. The lowest BCUT2D eigenvalue weighted by molar-refractivity contribution is -0.145. The molecule has 5 heteroatoms. The van der Waals surface area contributed by atoms with Crippen LogP contribution in [0.3, 0.4) is 0 Å². The molecule has 2 rings (SSSR count). The lowest BCUT2D eigenvalue weighted by atomic mass is 9.95. The third-order valence-electron chi connectivity index (χ3n) is 4.15. The highest BCUT2D eigenvalue weighted by atomic mass is 16.5. The zero-order chi connectivity index (χ0) is 13.8. The number of rotatable bonds is 4. The number of likely N-dealkylation sites (tertiary alicyclic amines) is 1. The maximum atomic E-state index is 12.5. The van der Waals surface area contributed by atoms with E-state index in [1.807, 2.05) is 11.8 Å². The number of hydrogen-bond acceptors (Lipinski definition) is 3. The summed E-state index contributed by atoms with van der Waals surface area (Å²) < 4.78 is 5.59. The molecule has 5 nitrogen and oxygen atoms in total. The average molecular weight is 268 g/mol. The van der Waals surface area contributed by atoms with E-state index in [0.29, 0.717) is 26.1 Å². The van der Waals surface area contributed by atoms with Gasteiger partial charge in [-0.1, -0.05) is 0 Å². The lowest BCUT2D eigenvalue weighted by Gasteiger charge is -2.32. The Hall–Kier alpha value is -1.10. The summed E-state index contributed by atoms with van der Waals surface area (Å²) in [6.45, 7) is 4.86. The molecule has 2 heterocycles. The van der Waals surface area contributed by atoms with Crippen LogP contribution in [0.25, 0.3) is 0 Å². The maximum Gasteiger partial charge on any atom is 0.226 e. The van der Waals surface area contributed by atoms with Crippen LogP contribution in [0.5, 0.6) is 0 Å². The fourth-order valence-electron chi connectivity index (χ4n) is 2.82. The molecule has 0 spiro atoms. The standard InChI is InChI=1S/C14H24N2O3/c1-3-16(10-12-5-4-8-19-12)14(18)11-6-7-15(2)13(17)9-11/h11-12H,3-10H2,1-2H3/t11-,12-/m1/s1. The first-order valence-corrected chi connectivity index (χ1v) is 7.26. The third kappa shape index (κ3) is 3.47. The summed E-state index contributed by atoms with van der Waals surface area (Å²) in [5.41, 5.74) is 0. The molecule has 2 aliphatic rings. The molecule has 0 saturated carbocycles. The van der Waals surface area contributed by atoms with Crippen molar-refractivity contribution in [2.24, 2.45) is 5.92 Å². The lowest BCUT2D eigenvalue weighted by Crippen LogP contribution is -2.45. The molecule has 2 atom stereocenters. The number of likely N-dealkylation sites (N-methyl/N-ethyl adjacent to an activating group) is 1. The Bertz CT molecular complexity index is 340. The monoisotopic (exact) mass is 268 g/mol. The summed E-state index contributed by atoms with van der Waals surface area (Å²) in [5.74, 6) is 0.0715. The number of nitrogens with zero attached hydrogens (tertiary/aromatic N) is 2. The molecule has 2 saturated heterocycles. The van der Waals surface area contributed by atoms with Crippen LogP contribution >= 0.6 is 0 Å². The molecule has 0 aromatic rings. The van der Waals surface area contributed by atoms with Crippen molar-refractivity contribution in [1.82, 2.24) is 9.80 Å². The largest absolute Gasteiger partial charge is 0.376 e. The minimum Gasteiger partial charge on any atom is -0.376 e. The second-order valence-electron chi connectivity index (χ2n) is 5.52. The Labute approximate surface area is 114 Å². The molecule has 0 N–H and O–H groups in total. The van der Waals surface area contributed by atoms with Gasteiger partial charge in [-0.25, -0.2) is 0 Å². The second-order valence-corrected chi connectivity index (χ2v) is 5.52. The van der Waals surface area contributed by atoms with E-state index in [-0.39, 0.29) is 23.8 Å². The van der Waals surface area contributed by atoms with Crippen LogP contribution in [0.4, 0.5) is 0 Å². The zero-order valence-corrected chi connectivity index (χ0v) is 11.9. The number of carbonyl (C=O) groups is 2. The molecule has 0 aromatic carbocycles. The predicted molar refractivity (Wildman–Crippen MR) is 71.6 cm³/mol. The van der Waals surface area contributed by atoms with Gasteiger partial charge in [0.05, 0.1) is 6.10 Å². The van der Waals surface area contributed by atoms with Gasteiger partial charge in [-0.3, -0.25) is 9.59 Å². The second kappa shape index (κ2) is 6.37. The van der Waals surface area contributed by atoms with Crippen molar-refractivity contribution in [1.29, 1.82) is 0 Å². The molecule has 2 amide bonds. The van der Waals surface area contributed by atoms with Gasteiger partial charge < -0.3 is 14.5 Å². The van der Waals surface area contributed by atoms with E-state index < -0.39 is 0 Å². The smallest absolute Gasteiger partial charge is 0.226 e. The first-order valence-electron chi connectivity index (χ1n) is 7.26. The number of amides is 2. The molecule has 0 unspecified atom stereocenters. The van der Waals surface area contributed by atoms with Gasteiger partial charge in [0.15, 0.2) is 0 Å². The van der Waals surface area contributed by atoms with E-state index >= 15 is 0 Å². The van der Waals surface area contributed by atoms with Crippen LogP contribution in [0, 0.1) is 5.92 Å². The number of ether oxygens (including phenoxy) is 1. The van der Waals surface area contributed by atoms with Crippen LogP contribution in [0.1, 0.15) is 32.6 Å². The summed E-state index contributed by atoms with van der Waals surface area (Å²) in [6.07, 6.45) is 3.45. The Morgan fingerprint density at radius 3 is 2.84 bits per heavy atom. The van der Waals surface area contributed by atoms with Gasteiger partial charge in [0.2, 0.25) is 11.8 Å². The van der Waals surface area contributed by atoms with Crippen molar-refractivity contribution in [2.45, 2.75) is 38.7 Å². The van der Waals surface area contributed by atoms with Crippen LogP contribution in [0.2, 0.25) is 0 Å². The molecule has 0 aliphatic carbocycles. The van der Waals surface area contributed by atoms with Gasteiger partial charge >= 0.3 is 0 Å². The quantitative estimate of drug-likeness (QED) is 0.760. The van der Waals surface area contributed by atoms with Gasteiger partial charge in [0.25, 0.3) is 0 Å². The van der Waals surface area contributed by atoms with Crippen molar-refractivity contribution in [3.05, 3.63) is 0 Å². The van der Waals surface area contributed by atoms with E-state index in [1.165, 1.54) is 0 Å². The Morgan fingerprint density at radius 2 is 2.26 bits per heavy atom. The number of piperidine rings is 1. The average Bonchev–Trinajstić information content (AvgIpc) is 2.91. The maximum absolute atomic E-state index is 12.5. The molecular weight excluding hydrogens is 244 g/mol. The van der Waals surface area contributed by atoms with E-state index in [4.69, 9.17) is 4.74 Å². The normalized spacial score (nSPS) is 27.7. The van der Waals surface area contributed by atoms with Gasteiger partial charge in [-0.05, 0) is 26.2 Å². The van der Waals surface area contributed by atoms with E-state index in [0.717, 1.165) is 25.9 Å². The molecule has 108 valence electrons. The van der Waals surface area contributed by atoms with Gasteiger partial charge in [-0.2, -0.15) is 0 Å². The Kier molecular flexibility index (Phi) is 4.80. The van der Waals surface area contributed by atoms with E-state index in [1.54, 1.807) is 11.9 Å². The zero-order valence-electron chi connectivity index (χ0n) is 11.9. The highest BCUT2D eigenvalue weighted by Crippen LogP contribution is 2.21. The molecule has 19 heavy (non-hydrogen) atoms. The number of hydrogen-bond donors (Lipinski definition) is 0. The summed E-state index contributed by atoms with van der Waals surface area (Å²) in [4.78, 5) is 27.7. The molecule has 0 radical (unpaired) electrons. The SMILES string of the molecule is CCN(C[C@H]1CCCO1)C(=O)[C@@H]1CCN(C)C(=O)C1. The fourth-order valence-corrected chi connectivity index (χ4v) is 2.82. The van der Waals surface area contributed by atoms with Crippen LogP contribution in [0.15, 0.2) is 0 Å². The third-order valence-corrected chi connectivity index (χ3v) is 4.15. The van der Waals surface area contributed by atoms with Crippen LogP contribution in [-0.4, -0.2) is 61.0 Å². The first kappa shape index (κ1) is 14.3. The Morgan fingerprint density at radius 1 is 1.47 bits per heavy atom. The molecule has 2 aliphatic heterocycles. The van der Waals surface area contributed by atoms with Crippen molar-refractivity contribution < 1.29 is 14.3 Å². The van der Waals surface area contributed by atoms with E-state index in [2.05, 4.69) is 0 Å². The van der Waals surface area contributed by atoms with Crippen LogP contribution < -0.4 is 0 Å². The molecule has 0 aromatic heterocycles. The predicted octanol–water partition coefficient (Wildman–Crippen LogP) is 0.882. The summed E-state index contributed by atoms with van der Waals surface area (Å²) >= 11 is 0. The number of carbonyl (C=O) groups excluding carboxylic acids is 2. The topological polar surface area (TPSA) is 49.9 Å². The van der Waals surface area contributed by atoms with Crippen molar-refractivity contribution >= 4 is 11.8 Å².